The Kier molecular flexibility index (Phi) is 6.65. The van der Waals surface area contributed by atoms with Crippen molar-refractivity contribution in [3.8, 4) is 11.5 Å². The monoisotopic (exact) mass is 487 g/mol. The minimum absolute atomic E-state index is 0.0274. The van der Waals surface area contributed by atoms with Crippen LogP contribution in [0.15, 0.2) is 54.9 Å². The maximum absolute atomic E-state index is 6.38. The Morgan fingerprint density at radius 2 is 1.78 bits per heavy atom. The maximum Gasteiger partial charge on any atom is 0.227 e. The Morgan fingerprint density at radius 1 is 1.06 bits per heavy atom. The van der Waals surface area contributed by atoms with Crippen molar-refractivity contribution in [1.29, 1.82) is 0 Å². The second kappa shape index (κ2) is 10.0. The Hall–Kier alpha value is -3.85. The molecule has 0 saturated carbocycles. The number of nitrogens with zero attached hydrogens (tertiary/aromatic N) is 5. The van der Waals surface area contributed by atoms with Crippen LogP contribution >= 0.6 is 0 Å². The predicted octanol–water partition coefficient (Wildman–Crippen LogP) is 3.62. The average molecular weight is 488 g/mol. The van der Waals surface area contributed by atoms with Crippen LogP contribution in [0.1, 0.15) is 24.2 Å². The molecule has 9 heteroatoms. The number of hydrogen-bond donors (Lipinski definition) is 2. The Morgan fingerprint density at radius 3 is 2.44 bits per heavy atom. The highest BCUT2D eigenvalue weighted by molar-refractivity contribution is 5.91. The minimum atomic E-state index is -0.0274. The van der Waals surface area contributed by atoms with E-state index in [0.29, 0.717) is 23.3 Å². The molecule has 2 aromatic heterocycles. The fourth-order valence-corrected chi connectivity index (χ4v) is 5.23. The van der Waals surface area contributed by atoms with Crippen molar-refractivity contribution < 1.29 is 9.47 Å². The van der Waals surface area contributed by atoms with E-state index in [1.54, 1.807) is 14.2 Å². The summed E-state index contributed by atoms with van der Waals surface area (Å²) in [5.41, 5.74) is 8.42. The molecule has 1 aliphatic rings. The summed E-state index contributed by atoms with van der Waals surface area (Å²) in [6.07, 6.45) is 5.74. The molecular weight excluding hydrogens is 454 g/mol. The number of ether oxygens (including phenoxy) is 2. The lowest BCUT2D eigenvalue weighted by Gasteiger charge is -2.44. The number of likely N-dealkylation sites (tertiary alicyclic amines) is 1. The third kappa shape index (κ3) is 4.66. The second-order valence-corrected chi connectivity index (χ2v) is 9.45. The molecule has 0 atom stereocenters. The molecule has 0 radical (unpaired) electrons. The van der Waals surface area contributed by atoms with Crippen molar-refractivity contribution >= 4 is 22.7 Å². The quantitative estimate of drug-likeness (QED) is 0.388. The predicted molar refractivity (Wildman–Crippen MR) is 142 cm³/mol. The zero-order chi connectivity index (χ0) is 25.1. The molecule has 9 nitrogen and oxygen atoms in total. The number of nitrogens with two attached hydrogens (primary N) is 1. The SMILES string of the molecule is COc1cc2nc(N(C)CC3(c4ccccc4)CCN(Cc4ncc[nH]4)CC3)nc(N)c2cc1OC. The summed E-state index contributed by atoms with van der Waals surface area (Å²) in [7, 11) is 5.26. The third-order valence-corrected chi connectivity index (χ3v) is 7.23. The molecule has 5 rings (SSSR count). The van der Waals surface area contributed by atoms with E-state index in [1.807, 2.05) is 31.6 Å². The fraction of sp³-hybridized carbons (Fsp3) is 0.370. The van der Waals surface area contributed by atoms with Crippen LogP contribution in [0.5, 0.6) is 11.5 Å². The van der Waals surface area contributed by atoms with Gasteiger partial charge in [-0.25, -0.2) is 9.97 Å². The van der Waals surface area contributed by atoms with Gasteiger partial charge in [0.25, 0.3) is 0 Å². The summed E-state index contributed by atoms with van der Waals surface area (Å²) in [6.45, 7) is 3.59. The van der Waals surface area contributed by atoms with Gasteiger partial charge in [0, 0.05) is 42.9 Å². The van der Waals surface area contributed by atoms with Crippen molar-refractivity contribution in [3.63, 3.8) is 0 Å². The van der Waals surface area contributed by atoms with Crippen LogP contribution in [-0.2, 0) is 12.0 Å². The second-order valence-electron chi connectivity index (χ2n) is 9.45. The summed E-state index contributed by atoms with van der Waals surface area (Å²) >= 11 is 0. The molecule has 0 unspecified atom stereocenters. The van der Waals surface area contributed by atoms with Gasteiger partial charge in [-0.05, 0) is 37.6 Å². The lowest BCUT2D eigenvalue weighted by molar-refractivity contribution is 0.152. The largest absolute Gasteiger partial charge is 0.493 e. The third-order valence-electron chi connectivity index (χ3n) is 7.23. The van der Waals surface area contributed by atoms with Gasteiger partial charge < -0.3 is 25.1 Å². The standard InChI is InChI=1S/C27H33N7O2/c1-33(26-31-21-16-23(36-3)22(35-2)15-20(21)25(28)32-26)18-27(19-7-5-4-6-8-19)9-13-34(14-10-27)17-24-29-11-12-30-24/h4-8,11-12,15-16H,9-10,13-14,17-18H2,1-3H3,(H,29,30)(H2,28,31,32). The Bertz CT molecular complexity index is 1300. The van der Waals surface area contributed by atoms with Crippen LogP contribution < -0.4 is 20.1 Å². The number of imidazole rings is 1. The molecule has 1 saturated heterocycles. The van der Waals surface area contributed by atoms with Gasteiger partial charge in [0.05, 0.1) is 26.3 Å². The zero-order valence-electron chi connectivity index (χ0n) is 21.1. The number of nitrogen functional groups attached to an aromatic ring is 1. The van der Waals surface area contributed by atoms with Gasteiger partial charge in [-0.1, -0.05) is 30.3 Å². The van der Waals surface area contributed by atoms with Gasteiger partial charge in [0.15, 0.2) is 11.5 Å². The van der Waals surface area contributed by atoms with Crippen LogP contribution in [0.2, 0.25) is 0 Å². The van der Waals surface area contributed by atoms with E-state index >= 15 is 0 Å². The van der Waals surface area contributed by atoms with E-state index in [4.69, 9.17) is 20.2 Å². The number of aromatic nitrogens is 4. The van der Waals surface area contributed by atoms with Crippen molar-refractivity contribution in [2.24, 2.45) is 0 Å². The number of piperidine rings is 1. The fourth-order valence-electron chi connectivity index (χ4n) is 5.23. The number of methoxy groups -OCH3 is 2. The molecule has 1 fully saturated rings. The van der Waals surface area contributed by atoms with Crippen LogP contribution in [-0.4, -0.2) is 65.7 Å². The van der Waals surface area contributed by atoms with E-state index < -0.39 is 0 Å². The number of likely N-dealkylation sites (N-methyl/N-ethyl adjacent to an activating group) is 1. The molecule has 0 aliphatic carbocycles. The highest BCUT2D eigenvalue weighted by atomic mass is 16.5. The van der Waals surface area contributed by atoms with E-state index in [-0.39, 0.29) is 5.41 Å². The van der Waals surface area contributed by atoms with Gasteiger partial charge >= 0.3 is 0 Å². The van der Waals surface area contributed by atoms with Gasteiger partial charge in [-0.2, -0.15) is 4.98 Å². The van der Waals surface area contributed by atoms with Crippen LogP contribution in [0.4, 0.5) is 11.8 Å². The summed E-state index contributed by atoms with van der Waals surface area (Å²) in [5, 5.41) is 0.744. The molecule has 3 N–H and O–H groups in total. The van der Waals surface area contributed by atoms with Gasteiger partial charge in [0.1, 0.15) is 11.6 Å². The molecule has 0 amide bonds. The van der Waals surface area contributed by atoms with E-state index in [2.05, 4.69) is 55.1 Å². The minimum Gasteiger partial charge on any atom is -0.493 e. The van der Waals surface area contributed by atoms with Gasteiger partial charge in [0.2, 0.25) is 5.95 Å². The molecule has 4 aromatic rings. The van der Waals surface area contributed by atoms with Crippen molar-refractivity contribution in [2.45, 2.75) is 24.8 Å². The Balaban J connectivity index is 1.42. The van der Waals surface area contributed by atoms with E-state index in [0.717, 1.165) is 55.7 Å². The zero-order valence-corrected chi connectivity index (χ0v) is 21.1. The number of anilines is 2. The van der Waals surface area contributed by atoms with Crippen molar-refractivity contribution in [1.82, 2.24) is 24.8 Å². The van der Waals surface area contributed by atoms with Crippen molar-refractivity contribution in [3.05, 3.63) is 66.2 Å². The number of fused-ring (bicyclic) bond motifs is 1. The Labute approximate surface area is 211 Å². The maximum atomic E-state index is 6.38. The summed E-state index contributed by atoms with van der Waals surface area (Å²) in [4.78, 5) is 21.7. The van der Waals surface area contributed by atoms with Gasteiger partial charge in [-0.15, -0.1) is 0 Å². The van der Waals surface area contributed by atoms with E-state index in [9.17, 15) is 0 Å². The average Bonchev–Trinajstić information content (AvgIpc) is 3.42. The molecule has 2 aromatic carbocycles. The normalized spacial score (nSPS) is 15.6. The molecule has 36 heavy (non-hydrogen) atoms. The highest BCUT2D eigenvalue weighted by Gasteiger charge is 2.38. The molecule has 1 aliphatic heterocycles. The molecule has 188 valence electrons. The summed E-state index contributed by atoms with van der Waals surface area (Å²) < 4.78 is 10.9. The first-order chi connectivity index (χ1) is 17.5. The number of hydrogen-bond acceptors (Lipinski definition) is 8. The lowest BCUT2D eigenvalue weighted by atomic mass is 9.72. The number of aromatic amines is 1. The first kappa shape index (κ1) is 23.9. The molecule has 3 heterocycles. The lowest BCUT2D eigenvalue weighted by Crippen LogP contribution is -2.48. The first-order valence-electron chi connectivity index (χ1n) is 12.2. The molecular formula is C27H33N7O2. The molecule has 0 bridgehead atoms. The number of benzene rings is 2. The van der Waals surface area contributed by atoms with Gasteiger partial charge in [-0.3, -0.25) is 4.90 Å². The summed E-state index contributed by atoms with van der Waals surface area (Å²) in [6, 6.07) is 14.5. The number of rotatable bonds is 8. The van der Waals surface area contributed by atoms with Crippen molar-refractivity contribution in [2.75, 3.05) is 51.5 Å². The highest BCUT2D eigenvalue weighted by Crippen LogP contribution is 2.38. The van der Waals surface area contributed by atoms with Crippen LogP contribution in [0.25, 0.3) is 10.9 Å². The number of H-pyrrole nitrogens is 1. The van der Waals surface area contributed by atoms with E-state index in [1.165, 1.54) is 5.56 Å². The molecule has 0 spiro atoms. The van der Waals surface area contributed by atoms with Crippen LogP contribution in [0, 0.1) is 0 Å². The summed E-state index contributed by atoms with van der Waals surface area (Å²) in [5.74, 6) is 3.24. The van der Waals surface area contributed by atoms with Crippen LogP contribution in [0.3, 0.4) is 0 Å². The topological polar surface area (TPSA) is 105 Å². The number of nitrogens with one attached hydrogen (secondary N) is 1. The smallest absolute Gasteiger partial charge is 0.227 e. The first-order valence-corrected chi connectivity index (χ1v) is 12.2.